The number of rotatable bonds is 4. The lowest BCUT2D eigenvalue weighted by Gasteiger charge is -2.25. The number of nitrogens with one attached hydrogen (secondary N) is 1. The molecule has 0 bridgehead atoms. The van der Waals surface area contributed by atoms with Crippen LogP contribution in [0.2, 0.25) is 0 Å². The van der Waals surface area contributed by atoms with E-state index in [1.165, 1.54) is 11.1 Å². The van der Waals surface area contributed by atoms with Crippen LogP contribution in [-0.2, 0) is 19.0 Å². The third-order valence-corrected chi connectivity index (χ3v) is 7.10. The molecule has 2 atom stereocenters. The SMILES string of the molecule is Cc1nc(N[C@H](C)c2cc(N)cc(C(F)(F)F)c2)c2cc(N3CC[C@](C)(O)C3)c3c(c2n1)CCC3. The second-order valence-corrected chi connectivity index (χ2v) is 10.1. The van der Waals surface area contributed by atoms with Crippen LogP contribution < -0.4 is 16.0 Å². The molecule has 4 N–H and O–H groups in total. The predicted molar refractivity (Wildman–Crippen MR) is 132 cm³/mol. The van der Waals surface area contributed by atoms with Crippen molar-refractivity contribution in [3.05, 3.63) is 52.3 Å². The van der Waals surface area contributed by atoms with Gasteiger partial charge in [-0.15, -0.1) is 0 Å². The number of aromatic nitrogens is 2. The third kappa shape index (κ3) is 4.49. The highest BCUT2D eigenvalue weighted by Gasteiger charge is 2.34. The third-order valence-electron chi connectivity index (χ3n) is 7.10. The molecule has 2 heterocycles. The van der Waals surface area contributed by atoms with E-state index in [4.69, 9.17) is 10.7 Å². The molecule has 5 rings (SSSR count). The summed E-state index contributed by atoms with van der Waals surface area (Å²) in [4.78, 5) is 11.6. The number of hydrogen-bond acceptors (Lipinski definition) is 6. The summed E-state index contributed by atoms with van der Waals surface area (Å²) in [6.07, 6.45) is -0.861. The van der Waals surface area contributed by atoms with Crippen LogP contribution in [0.1, 0.15) is 60.8 Å². The summed E-state index contributed by atoms with van der Waals surface area (Å²) in [7, 11) is 0. The second-order valence-electron chi connectivity index (χ2n) is 10.1. The van der Waals surface area contributed by atoms with E-state index >= 15 is 0 Å². The van der Waals surface area contributed by atoms with Gasteiger partial charge in [0.25, 0.3) is 0 Å². The maximum absolute atomic E-state index is 13.4. The molecule has 9 heteroatoms. The Labute approximate surface area is 202 Å². The molecule has 2 aliphatic rings. The van der Waals surface area contributed by atoms with Gasteiger partial charge in [-0.25, -0.2) is 9.97 Å². The molecule has 1 aliphatic heterocycles. The van der Waals surface area contributed by atoms with E-state index in [-0.39, 0.29) is 5.69 Å². The fraction of sp³-hybridized carbons (Fsp3) is 0.462. The molecule has 0 spiro atoms. The lowest BCUT2D eigenvalue weighted by Crippen LogP contribution is -2.30. The minimum Gasteiger partial charge on any atom is -0.399 e. The fourth-order valence-corrected chi connectivity index (χ4v) is 5.38. The molecule has 0 amide bonds. The van der Waals surface area contributed by atoms with Crippen molar-refractivity contribution in [1.82, 2.24) is 9.97 Å². The lowest BCUT2D eigenvalue weighted by atomic mass is 10.0. The van der Waals surface area contributed by atoms with Crippen LogP contribution in [0.25, 0.3) is 10.9 Å². The highest BCUT2D eigenvalue weighted by atomic mass is 19.4. The number of nitrogens with two attached hydrogens (primary N) is 1. The van der Waals surface area contributed by atoms with Crippen LogP contribution in [0.5, 0.6) is 0 Å². The Morgan fingerprint density at radius 3 is 2.57 bits per heavy atom. The predicted octanol–water partition coefficient (Wildman–Crippen LogP) is 5.16. The molecule has 1 fully saturated rings. The zero-order chi connectivity index (χ0) is 25.1. The number of halogens is 3. The number of alkyl halides is 3. The molecule has 0 unspecified atom stereocenters. The molecule has 1 aliphatic carbocycles. The molecule has 186 valence electrons. The molecule has 6 nitrogen and oxygen atoms in total. The molecular formula is C26H30F3N5O. The van der Waals surface area contributed by atoms with Gasteiger partial charge in [-0.1, -0.05) is 0 Å². The van der Waals surface area contributed by atoms with Gasteiger partial charge < -0.3 is 21.1 Å². The number of aliphatic hydroxyl groups is 1. The van der Waals surface area contributed by atoms with E-state index in [1.54, 1.807) is 13.0 Å². The maximum Gasteiger partial charge on any atom is 0.416 e. The summed E-state index contributed by atoms with van der Waals surface area (Å²) in [6, 6.07) is 5.23. The number of nitrogens with zero attached hydrogens (tertiary/aromatic N) is 3. The van der Waals surface area contributed by atoms with E-state index < -0.39 is 23.4 Å². The van der Waals surface area contributed by atoms with Gasteiger partial charge in [0.1, 0.15) is 11.6 Å². The van der Waals surface area contributed by atoms with E-state index in [2.05, 4.69) is 21.3 Å². The lowest BCUT2D eigenvalue weighted by molar-refractivity contribution is -0.137. The standard InChI is InChI=1S/C26H30F3N5O/c1-14(16-9-17(26(27,28)29)11-18(30)10-16)31-24-21-12-22(34-8-7-25(3,35)13-34)19-5-4-6-20(19)23(21)32-15(2)33-24/h9-12,14,35H,4-8,13,30H2,1-3H3,(H,31,32,33)/t14-,25+/m1/s1. The van der Waals surface area contributed by atoms with Gasteiger partial charge in [-0.05, 0) is 87.4 Å². The summed E-state index contributed by atoms with van der Waals surface area (Å²) in [5.74, 6) is 1.18. The molecular weight excluding hydrogens is 455 g/mol. The van der Waals surface area contributed by atoms with Crippen molar-refractivity contribution in [3.63, 3.8) is 0 Å². The van der Waals surface area contributed by atoms with Crippen molar-refractivity contribution in [2.45, 2.75) is 64.3 Å². The van der Waals surface area contributed by atoms with Gasteiger partial charge in [-0.2, -0.15) is 13.2 Å². The number of benzene rings is 2. The first-order chi connectivity index (χ1) is 16.4. The zero-order valence-corrected chi connectivity index (χ0v) is 20.1. The average molecular weight is 486 g/mol. The number of fused-ring (bicyclic) bond motifs is 3. The second kappa shape index (κ2) is 8.26. The molecule has 1 aromatic heterocycles. The van der Waals surface area contributed by atoms with Crippen LogP contribution in [0, 0.1) is 6.92 Å². The monoisotopic (exact) mass is 485 g/mol. The number of hydrogen-bond donors (Lipinski definition) is 3. The highest BCUT2D eigenvalue weighted by Crippen LogP contribution is 2.41. The Morgan fingerprint density at radius 1 is 1.14 bits per heavy atom. The number of nitrogen functional groups attached to an aromatic ring is 1. The van der Waals surface area contributed by atoms with Crippen LogP contribution in [0.3, 0.4) is 0 Å². The van der Waals surface area contributed by atoms with Crippen molar-refractivity contribution >= 4 is 28.1 Å². The molecule has 3 aromatic rings. The Kier molecular flexibility index (Phi) is 5.58. The summed E-state index contributed by atoms with van der Waals surface area (Å²) in [5.41, 5.74) is 9.24. The van der Waals surface area contributed by atoms with Gasteiger partial charge in [0.15, 0.2) is 0 Å². The topological polar surface area (TPSA) is 87.3 Å². The molecule has 0 radical (unpaired) electrons. The first-order valence-electron chi connectivity index (χ1n) is 12.0. The van der Waals surface area contributed by atoms with Gasteiger partial charge in [0, 0.05) is 29.9 Å². The quantitative estimate of drug-likeness (QED) is 0.443. The summed E-state index contributed by atoms with van der Waals surface area (Å²) < 4.78 is 40.1. The van der Waals surface area contributed by atoms with Crippen molar-refractivity contribution in [3.8, 4) is 0 Å². The number of aryl methyl sites for hydroxylation is 2. The summed E-state index contributed by atoms with van der Waals surface area (Å²) in [6.45, 7) is 6.80. The van der Waals surface area contributed by atoms with Gasteiger partial charge in [0.05, 0.1) is 22.7 Å². The normalized spacial score (nSPS) is 20.9. The number of β-amino-alcohol motifs (C(OH)–C–C–N with tert-alkyl or cyclic N) is 1. The van der Waals surface area contributed by atoms with Crippen LogP contribution in [0.4, 0.5) is 30.4 Å². The molecule has 2 aromatic carbocycles. The van der Waals surface area contributed by atoms with Crippen LogP contribution >= 0.6 is 0 Å². The minimum atomic E-state index is -4.48. The summed E-state index contributed by atoms with van der Waals surface area (Å²) >= 11 is 0. The van der Waals surface area contributed by atoms with Gasteiger partial charge >= 0.3 is 6.18 Å². The highest BCUT2D eigenvalue weighted by molar-refractivity contribution is 5.96. The fourth-order valence-electron chi connectivity index (χ4n) is 5.38. The largest absolute Gasteiger partial charge is 0.416 e. The first kappa shape index (κ1) is 23.7. The smallest absolute Gasteiger partial charge is 0.399 e. The molecule has 0 saturated carbocycles. The Balaban J connectivity index is 1.58. The minimum absolute atomic E-state index is 0.0633. The maximum atomic E-state index is 13.4. The van der Waals surface area contributed by atoms with Crippen LogP contribution in [0.15, 0.2) is 24.3 Å². The Hall–Kier alpha value is -3.07. The van der Waals surface area contributed by atoms with Crippen LogP contribution in [-0.4, -0.2) is 33.8 Å². The average Bonchev–Trinajstić information content (AvgIpc) is 3.39. The molecule has 1 saturated heterocycles. The zero-order valence-electron chi connectivity index (χ0n) is 20.1. The first-order valence-corrected chi connectivity index (χ1v) is 12.0. The van der Waals surface area contributed by atoms with E-state index in [0.29, 0.717) is 30.2 Å². The Bertz CT molecular complexity index is 1300. The van der Waals surface area contributed by atoms with Gasteiger partial charge in [-0.3, -0.25) is 0 Å². The number of anilines is 3. The van der Waals surface area contributed by atoms with Gasteiger partial charge in [0.2, 0.25) is 0 Å². The Morgan fingerprint density at radius 2 is 1.89 bits per heavy atom. The van der Waals surface area contributed by atoms with Crippen molar-refractivity contribution in [2.75, 3.05) is 29.0 Å². The molecule has 35 heavy (non-hydrogen) atoms. The summed E-state index contributed by atoms with van der Waals surface area (Å²) in [5, 5.41) is 14.7. The van der Waals surface area contributed by atoms with Crippen molar-refractivity contribution < 1.29 is 18.3 Å². The van der Waals surface area contributed by atoms with E-state index in [9.17, 15) is 18.3 Å². The van der Waals surface area contributed by atoms with E-state index in [0.717, 1.165) is 54.5 Å². The van der Waals surface area contributed by atoms with Crippen molar-refractivity contribution in [1.29, 1.82) is 0 Å². The van der Waals surface area contributed by atoms with Crippen molar-refractivity contribution in [2.24, 2.45) is 0 Å². The van der Waals surface area contributed by atoms with E-state index in [1.807, 2.05) is 13.8 Å².